The van der Waals surface area contributed by atoms with Crippen molar-refractivity contribution in [2.24, 2.45) is 0 Å². The van der Waals surface area contributed by atoms with E-state index >= 15 is 0 Å². The van der Waals surface area contributed by atoms with E-state index in [-0.39, 0.29) is 0 Å². The first-order valence-electron chi connectivity index (χ1n) is 5.13. The Morgan fingerprint density at radius 1 is 1.31 bits per heavy atom. The van der Waals surface area contributed by atoms with Gasteiger partial charge in [-0.2, -0.15) is 0 Å². The second kappa shape index (κ2) is 10.7. The van der Waals surface area contributed by atoms with Gasteiger partial charge in [0.15, 0.2) is 0 Å². The van der Waals surface area contributed by atoms with Crippen molar-refractivity contribution in [3.63, 3.8) is 0 Å². The fourth-order valence-electron chi connectivity index (χ4n) is 0.917. The van der Waals surface area contributed by atoms with E-state index in [9.17, 15) is 5.11 Å². The van der Waals surface area contributed by atoms with Gasteiger partial charge in [-0.15, -0.1) is 0 Å². The van der Waals surface area contributed by atoms with Crippen LogP contribution in [0.15, 0.2) is 23.2 Å². The third kappa shape index (κ3) is 6.64. The predicted octanol–water partition coefficient (Wildman–Crippen LogP) is 4.13. The monoisotopic (exact) mass is 288 g/mol. The van der Waals surface area contributed by atoms with Gasteiger partial charge in [0.1, 0.15) is 5.75 Å². The molecule has 2 nitrogen and oxygen atoms in total. The van der Waals surface area contributed by atoms with Gasteiger partial charge >= 0.3 is 0 Å². The second-order valence-corrected chi connectivity index (χ2v) is 3.99. The molecule has 0 saturated carbocycles. The van der Waals surface area contributed by atoms with Crippen LogP contribution in [0.2, 0.25) is 0 Å². The van der Waals surface area contributed by atoms with Crippen LogP contribution in [-0.4, -0.2) is 17.3 Å². The molecule has 0 unspecified atom stereocenters. The van der Waals surface area contributed by atoms with Crippen molar-refractivity contribution in [3.8, 4) is 5.75 Å². The maximum atomic E-state index is 9.43. The van der Waals surface area contributed by atoms with Crippen LogP contribution in [0.5, 0.6) is 5.75 Å². The fourth-order valence-corrected chi connectivity index (χ4v) is 1.51. The normalized spacial score (nSPS) is 8.12. The summed E-state index contributed by atoms with van der Waals surface area (Å²) in [6, 6.07) is 3.69. The van der Waals surface area contributed by atoms with Gasteiger partial charge in [-0.25, -0.2) is 0 Å². The molecular weight excluding hydrogens is 268 g/mol. The smallest absolute Gasteiger partial charge is 0.125 e. The second-order valence-electron chi connectivity index (χ2n) is 3.07. The number of phenols is 1. The summed E-state index contributed by atoms with van der Waals surface area (Å²) in [7, 11) is 1.00. The highest BCUT2D eigenvalue weighted by molar-refractivity contribution is 9.10. The Kier molecular flexibility index (Phi) is 11.8. The number of phenolic OH excluding ortho intramolecular Hbond substituents is 1. The number of hydrogen-bond acceptors (Lipinski definition) is 2. The lowest BCUT2D eigenvalue weighted by Gasteiger charge is -2.03. The summed E-state index contributed by atoms with van der Waals surface area (Å²) in [6.07, 6.45) is 2.88. The van der Waals surface area contributed by atoms with Crippen LogP contribution in [0, 0.1) is 6.92 Å². The lowest BCUT2D eigenvalue weighted by atomic mass is 10.1. The minimum absolute atomic E-state index is 0.309. The van der Waals surface area contributed by atoms with Crippen molar-refractivity contribution >= 4 is 22.0 Å². The molecule has 0 heterocycles. The average Bonchev–Trinajstić information content (AvgIpc) is 2.27. The maximum Gasteiger partial charge on any atom is 0.125 e. The van der Waals surface area contributed by atoms with E-state index in [0.29, 0.717) is 5.75 Å². The summed E-state index contributed by atoms with van der Waals surface area (Å²) in [5.41, 5.74) is 1.62. The van der Waals surface area contributed by atoms with E-state index in [2.05, 4.69) is 36.4 Å². The van der Waals surface area contributed by atoms with Gasteiger partial charge in [-0.1, -0.05) is 48.9 Å². The highest BCUT2D eigenvalue weighted by Crippen LogP contribution is 2.27. The molecule has 0 spiro atoms. The molecule has 0 bridgehead atoms. The minimum atomic E-state index is 0.309. The van der Waals surface area contributed by atoms with Gasteiger partial charge in [0.2, 0.25) is 0 Å². The van der Waals surface area contributed by atoms with Crippen molar-refractivity contribution in [2.75, 3.05) is 7.11 Å². The molecule has 3 heteroatoms. The summed E-state index contributed by atoms with van der Waals surface area (Å²) in [4.78, 5) is 0. The summed E-state index contributed by atoms with van der Waals surface area (Å²) >= 11 is 3.33. The number of benzene rings is 1. The molecule has 92 valence electrons. The Morgan fingerprint density at radius 3 is 2.12 bits per heavy atom. The van der Waals surface area contributed by atoms with E-state index < -0.39 is 0 Å². The van der Waals surface area contributed by atoms with Crippen LogP contribution in [0.25, 0.3) is 6.08 Å². The van der Waals surface area contributed by atoms with Crippen LogP contribution < -0.4 is 0 Å². The quantitative estimate of drug-likeness (QED) is 0.816. The molecule has 0 aliphatic rings. The number of aromatic hydroxyl groups is 1. The first-order valence-corrected chi connectivity index (χ1v) is 5.92. The molecule has 0 amide bonds. The van der Waals surface area contributed by atoms with E-state index in [4.69, 9.17) is 5.11 Å². The molecular formula is C13H21BrO2. The number of halogens is 1. The molecule has 2 N–H and O–H groups in total. The van der Waals surface area contributed by atoms with Crippen molar-refractivity contribution in [2.45, 2.75) is 27.2 Å². The Morgan fingerprint density at radius 2 is 1.75 bits per heavy atom. The molecule has 0 atom stereocenters. The van der Waals surface area contributed by atoms with E-state index in [1.165, 1.54) is 6.42 Å². The molecule has 0 fully saturated rings. The highest BCUT2D eigenvalue weighted by atomic mass is 79.9. The van der Waals surface area contributed by atoms with Crippen LogP contribution in [0.1, 0.15) is 31.4 Å². The molecule has 0 radical (unpaired) electrons. The zero-order valence-electron chi connectivity index (χ0n) is 10.4. The van der Waals surface area contributed by atoms with Crippen LogP contribution in [0.4, 0.5) is 0 Å². The summed E-state index contributed by atoms with van der Waals surface area (Å²) in [5.74, 6) is 0.309. The lowest BCUT2D eigenvalue weighted by molar-refractivity contribution is 0.399. The van der Waals surface area contributed by atoms with Gasteiger partial charge in [0, 0.05) is 17.1 Å². The SMILES string of the molecule is C=Cc1cc(Br)cc(C)c1O.CCC.CO. The Bertz CT molecular complexity index is 309. The first-order chi connectivity index (χ1) is 7.56. The standard InChI is InChI=1S/C9H9BrO.C3H8.CH4O/c1-3-7-5-8(10)4-6(2)9(7)11;1-3-2;1-2/h3-5,11H,1H2,2H3;3H2,1-2H3;2H,1H3. The average molecular weight is 289 g/mol. The van der Waals surface area contributed by atoms with Crippen LogP contribution in [0.3, 0.4) is 0 Å². The molecule has 0 aliphatic carbocycles. The fraction of sp³-hybridized carbons (Fsp3) is 0.385. The van der Waals surface area contributed by atoms with Gasteiger partial charge in [0.05, 0.1) is 0 Å². The van der Waals surface area contributed by atoms with Gasteiger partial charge in [0.25, 0.3) is 0 Å². The van der Waals surface area contributed by atoms with Crippen LogP contribution in [-0.2, 0) is 0 Å². The largest absolute Gasteiger partial charge is 0.507 e. The minimum Gasteiger partial charge on any atom is -0.507 e. The number of aliphatic hydroxyl groups is 1. The molecule has 0 saturated heterocycles. The predicted molar refractivity (Wildman–Crippen MR) is 74.7 cm³/mol. The first kappa shape index (κ1) is 17.6. The molecule has 0 aromatic heterocycles. The third-order valence-corrected chi connectivity index (χ3v) is 1.97. The summed E-state index contributed by atoms with van der Waals surface area (Å²) < 4.78 is 0.961. The van der Waals surface area contributed by atoms with E-state index in [1.807, 2.05) is 19.1 Å². The summed E-state index contributed by atoms with van der Waals surface area (Å²) in [6.45, 7) is 9.70. The Balaban J connectivity index is 0. The lowest BCUT2D eigenvalue weighted by Crippen LogP contribution is -1.79. The van der Waals surface area contributed by atoms with E-state index in [0.717, 1.165) is 22.7 Å². The van der Waals surface area contributed by atoms with Crippen molar-refractivity contribution < 1.29 is 10.2 Å². The van der Waals surface area contributed by atoms with E-state index in [1.54, 1.807) is 6.08 Å². The van der Waals surface area contributed by atoms with Gasteiger partial charge < -0.3 is 10.2 Å². The van der Waals surface area contributed by atoms with Crippen molar-refractivity contribution in [1.29, 1.82) is 0 Å². The van der Waals surface area contributed by atoms with Gasteiger partial charge in [-0.3, -0.25) is 0 Å². The third-order valence-electron chi connectivity index (χ3n) is 1.51. The number of aryl methyl sites for hydroxylation is 1. The highest BCUT2D eigenvalue weighted by Gasteiger charge is 2.01. The molecule has 1 rings (SSSR count). The zero-order valence-corrected chi connectivity index (χ0v) is 12.0. The Labute approximate surface area is 107 Å². The zero-order chi connectivity index (χ0) is 13.1. The summed E-state index contributed by atoms with van der Waals surface area (Å²) in [5, 5.41) is 16.4. The van der Waals surface area contributed by atoms with Crippen LogP contribution >= 0.6 is 15.9 Å². The molecule has 0 aliphatic heterocycles. The van der Waals surface area contributed by atoms with Gasteiger partial charge in [-0.05, 0) is 24.6 Å². The number of hydrogen-bond donors (Lipinski definition) is 2. The number of aliphatic hydroxyl groups excluding tert-OH is 1. The number of rotatable bonds is 1. The Hall–Kier alpha value is -0.800. The molecule has 16 heavy (non-hydrogen) atoms. The van der Waals surface area contributed by atoms with Crippen molar-refractivity contribution in [3.05, 3.63) is 34.3 Å². The van der Waals surface area contributed by atoms with Crippen molar-refractivity contribution in [1.82, 2.24) is 0 Å². The molecule has 1 aromatic rings. The topological polar surface area (TPSA) is 40.5 Å². The molecule has 1 aromatic carbocycles. The maximum absolute atomic E-state index is 9.43.